The predicted molar refractivity (Wildman–Crippen MR) is 77.2 cm³/mol. The Morgan fingerprint density at radius 1 is 1.40 bits per heavy atom. The molecule has 1 aromatic carbocycles. The Kier molecular flexibility index (Phi) is 3.55. The highest BCUT2D eigenvalue weighted by atomic mass is 35.5. The van der Waals surface area contributed by atoms with Gasteiger partial charge in [-0.15, -0.1) is 0 Å². The van der Waals surface area contributed by atoms with Crippen molar-refractivity contribution in [3.63, 3.8) is 0 Å². The van der Waals surface area contributed by atoms with Crippen LogP contribution in [0.2, 0.25) is 5.02 Å². The molecule has 0 amide bonds. The van der Waals surface area contributed by atoms with Crippen molar-refractivity contribution in [3.8, 4) is 0 Å². The van der Waals surface area contributed by atoms with E-state index in [0.29, 0.717) is 6.42 Å². The van der Waals surface area contributed by atoms with E-state index >= 15 is 0 Å². The summed E-state index contributed by atoms with van der Waals surface area (Å²) in [4.78, 5) is 0. The summed E-state index contributed by atoms with van der Waals surface area (Å²) in [5.41, 5.74) is 0.835. The fourth-order valence-electron chi connectivity index (χ4n) is 3.34. The van der Waals surface area contributed by atoms with Crippen LogP contribution in [0.15, 0.2) is 18.2 Å². The zero-order valence-corrected chi connectivity index (χ0v) is 12.6. The first-order chi connectivity index (χ1) is 9.40. The molecule has 3 nitrogen and oxygen atoms in total. The topological polar surface area (TPSA) is 46.2 Å². The Balaban J connectivity index is 1.81. The van der Waals surface area contributed by atoms with Crippen molar-refractivity contribution < 1.29 is 12.8 Å². The fraction of sp³-hybridized carbons (Fsp3) is 0.571. The second kappa shape index (κ2) is 4.97. The highest BCUT2D eigenvalue weighted by molar-refractivity contribution is 7.91. The van der Waals surface area contributed by atoms with Crippen LogP contribution in [0.4, 0.5) is 4.39 Å². The van der Waals surface area contributed by atoms with Gasteiger partial charge in [-0.3, -0.25) is 0 Å². The minimum absolute atomic E-state index is 0.0517. The molecule has 0 saturated carbocycles. The maximum absolute atomic E-state index is 13.5. The molecule has 2 fully saturated rings. The van der Waals surface area contributed by atoms with E-state index in [4.69, 9.17) is 11.6 Å². The van der Waals surface area contributed by atoms with Gasteiger partial charge in [-0.05, 0) is 36.5 Å². The molecule has 1 aromatic rings. The second-order valence-corrected chi connectivity index (χ2v) is 8.63. The number of benzene rings is 1. The third-order valence-electron chi connectivity index (χ3n) is 4.59. The molecule has 2 saturated heterocycles. The number of hydrogen-bond acceptors (Lipinski definition) is 3. The van der Waals surface area contributed by atoms with E-state index in [9.17, 15) is 12.8 Å². The summed E-state index contributed by atoms with van der Waals surface area (Å²) in [5.74, 6) is 0.317. The Labute approximate surface area is 123 Å². The van der Waals surface area contributed by atoms with E-state index in [1.807, 2.05) is 6.07 Å². The van der Waals surface area contributed by atoms with E-state index in [1.54, 1.807) is 6.07 Å². The first-order valence-corrected chi connectivity index (χ1v) is 8.95. The molecule has 2 heterocycles. The SMILES string of the molecule is O=S1(=O)CCC(C2(Cc3ccc(Cl)c(F)c3)CNC2)C1. The van der Waals surface area contributed by atoms with E-state index in [0.717, 1.165) is 25.1 Å². The molecule has 20 heavy (non-hydrogen) atoms. The van der Waals surface area contributed by atoms with Crippen molar-refractivity contribution in [2.75, 3.05) is 24.6 Å². The minimum atomic E-state index is -2.88. The van der Waals surface area contributed by atoms with Gasteiger partial charge >= 0.3 is 0 Å². The lowest BCUT2D eigenvalue weighted by Crippen LogP contribution is -2.59. The number of sulfone groups is 1. The molecule has 1 unspecified atom stereocenters. The molecule has 6 heteroatoms. The molecule has 1 atom stereocenters. The first kappa shape index (κ1) is 14.3. The van der Waals surface area contributed by atoms with Gasteiger partial charge < -0.3 is 5.32 Å². The third kappa shape index (κ3) is 2.59. The van der Waals surface area contributed by atoms with Crippen LogP contribution in [0.5, 0.6) is 0 Å². The van der Waals surface area contributed by atoms with E-state index < -0.39 is 15.7 Å². The van der Waals surface area contributed by atoms with Crippen LogP contribution in [0.3, 0.4) is 0 Å². The van der Waals surface area contributed by atoms with Crippen molar-refractivity contribution in [2.45, 2.75) is 12.8 Å². The standard InChI is InChI=1S/C14H17ClFNO2S/c15-12-2-1-10(5-13(12)16)6-14(8-17-9-14)11-3-4-20(18,19)7-11/h1-2,5,11,17H,3-4,6-9H2. The summed E-state index contributed by atoms with van der Waals surface area (Å²) in [7, 11) is -2.88. The van der Waals surface area contributed by atoms with Crippen LogP contribution in [0, 0.1) is 17.2 Å². The van der Waals surface area contributed by atoms with Gasteiger partial charge in [-0.25, -0.2) is 12.8 Å². The Morgan fingerprint density at radius 2 is 2.15 bits per heavy atom. The van der Waals surface area contributed by atoms with E-state index in [-0.39, 0.29) is 27.9 Å². The molecule has 0 bridgehead atoms. The highest BCUT2D eigenvalue weighted by Crippen LogP contribution is 2.42. The summed E-state index contributed by atoms with van der Waals surface area (Å²) in [5, 5.41) is 3.36. The molecule has 0 spiro atoms. The molecular formula is C14H17ClFNO2S. The van der Waals surface area contributed by atoms with E-state index in [1.165, 1.54) is 6.07 Å². The van der Waals surface area contributed by atoms with Crippen LogP contribution in [-0.2, 0) is 16.3 Å². The molecule has 2 aliphatic rings. The number of hydrogen-bond donors (Lipinski definition) is 1. The zero-order valence-electron chi connectivity index (χ0n) is 11.0. The largest absolute Gasteiger partial charge is 0.315 e. The summed E-state index contributed by atoms with van der Waals surface area (Å²) in [6.45, 7) is 1.61. The monoisotopic (exact) mass is 317 g/mol. The molecule has 0 aliphatic carbocycles. The summed E-state index contributed by atoms with van der Waals surface area (Å²) in [6.07, 6.45) is 1.42. The van der Waals surface area contributed by atoms with Gasteiger partial charge in [-0.2, -0.15) is 0 Å². The highest BCUT2D eigenvalue weighted by Gasteiger charge is 2.48. The van der Waals surface area contributed by atoms with Gasteiger partial charge in [-0.1, -0.05) is 17.7 Å². The number of rotatable bonds is 3. The average molecular weight is 318 g/mol. The Morgan fingerprint density at radius 3 is 2.65 bits per heavy atom. The van der Waals surface area contributed by atoms with Gasteiger partial charge in [0.25, 0.3) is 0 Å². The summed E-state index contributed by atoms with van der Waals surface area (Å²) in [6, 6.07) is 4.86. The minimum Gasteiger partial charge on any atom is -0.315 e. The summed E-state index contributed by atoms with van der Waals surface area (Å²) >= 11 is 5.70. The van der Waals surface area contributed by atoms with Crippen molar-refractivity contribution in [2.24, 2.45) is 11.3 Å². The van der Waals surface area contributed by atoms with Crippen molar-refractivity contribution in [3.05, 3.63) is 34.6 Å². The molecular weight excluding hydrogens is 301 g/mol. The molecule has 1 N–H and O–H groups in total. The van der Waals surface area contributed by atoms with Gasteiger partial charge in [0.1, 0.15) is 5.82 Å². The van der Waals surface area contributed by atoms with Crippen LogP contribution >= 0.6 is 11.6 Å². The van der Waals surface area contributed by atoms with Crippen molar-refractivity contribution >= 4 is 21.4 Å². The molecule has 110 valence electrons. The molecule has 0 aromatic heterocycles. The number of halogens is 2. The first-order valence-electron chi connectivity index (χ1n) is 6.75. The second-order valence-electron chi connectivity index (χ2n) is 5.99. The molecule has 3 rings (SSSR count). The maximum Gasteiger partial charge on any atom is 0.150 e. The van der Waals surface area contributed by atoms with Crippen LogP contribution in [-0.4, -0.2) is 33.0 Å². The van der Waals surface area contributed by atoms with Crippen molar-refractivity contribution in [1.29, 1.82) is 0 Å². The Bertz CT molecular complexity index is 628. The van der Waals surface area contributed by atoms with Crippen molar-refractivity contribution in [1.82, 2.24) is 5.32 Å². The normalized spacial score (nSPS) is 27.2. The smallest absolute Gasteiger partial charge is 0.150 e. The molecule has 0 radical (unpaired) electrons. The Hall–Kier alpha value is -0.650. The average Bonchev–Trinajstić information content (AvgIpc) is 2.69. The maximum atomic E-state index is 13.5. The summed E-state index contributed by atoms with van der Waals surface area (Å²) < 4.78 is 36.9. The van der Waals surface area contributed by atoms with Crippen LogP contribution in [0.25, 0.3) is 0 Å². The third-order valence-corrected chi connectivity index (χ3v) is 6.67. The van der Waals surface area contributed by atoms with Crippen LogP contribution < -0.4 is 5.32 Å². The fourth-order valence-corrected chi connectivity index (χ4v) is 5.40. The van der Waals surface area contributed by atoms with Gasteiger partial charge in [0.2, 0.25) is 0 Å². The quantitative estimate of drug-likeness (QED) is 0.928. The lowest BCUT2D eigenvalue weighted by atomic mass is 9.67. The zero-order chi connectivity index (χ0) is 14.4. The van der Waals surface area contributed by atoms with Gasteiger partial charge in [0.15, 0.2) is 9.84 Å². The van der Waals surface area contributed by atoms with E-state index in [2.05, 4.69) is 5.32 Å². The van der Waals surface area contributed by atoms with Gasteiger partial charge in [0, 0.05) is 18.5 Å². The number of nitrogens with one attached hydrogen (secondary N) is 1. The lowest BCUT2D eigenvalue weighted by molar-refractivity contribution is 0.0924. The molecule has 2 aliphatic heterocycles. The van der Waals surface area contributed by atoms with Crippen LogP contribution in [0.1, 0.15) is 12.0 Å². The predicted octanol–water partition coefficient (Wildman–Crippen LogP) is 2.05. The lowest BCUT2D eigenvalue weighted by Gasteiger charge is -2.47. The van der Waals surface area contributed by atoms with Gasteiger partial charge in [0.05, 0.1) is 16.5 Å².